The van der Waals surface area contributed by atoms with E-state index in [1.165, 1.54) is 12.1 Å². The normalized spacial score (nSPS) is 22.9. The molecule has 0 saturated carbocycles. The summed E-state index contributed by atoms with van der Waals surface area (Å²) in [5.41, 5.74) is 1.88. The van der Waals surface area contributed by atoms with E-state index in [-0.39, 0.29) is 5.91 Å². The second-order valence-corrected chi connectivity index (χ2v) is 8.66. The van der Waals surface area contributed by atoms with Crippen LogP contribution in [-0.4, -0.2) is 17.9 Å². The fourth-order valence-corrected chi connectivity index (χ4v) is 4.78. The smallest absolute Gasteiger partial charge is 0.266 e. The predicted molar refractivity (Wildman–Crippen MR) is 120 cm³/mol. The molecular formula is C23H15Cl3N2O3. The molecule has 0 N–H and O–H groups in total. The van der Waals surface area contributed by atoms with Gasteiger partial charge in [0.05, 0.1) is 17.4 Å². The Labute approximate surface area is 193 Å². The summed E-state index contributed by atoms with van der Waals surface area (Å²) in [6.07, 6.45) is -0.967. The highest BCUT2D eigenvalue weighted by atomic mass is 35.5. The molecule has 2 saturated heterocycles. The minimum absolute atomic E-state index is 0.326. The molecule has 0 spiro atoms. The molecule has 3 aromatic carbocycles. The summed E-state index contributed by atoms with van der Waals surface area (Å²) >= 11 is 18.3. The largest absolute Gasteiger partial charge is 0.273 e. The minimum Gasteiger partial charge on any atom is -0.273 e. The molecule has 5 rings (SSSR count). The molecule has 3 atom stereocenters. The van der Waals surface area contributed by atoms with E-state index in [1.54, 1.807) is 23.3 Å². The molecule has 3 aromatic rings. The van der Waals surface area contributed by atoms with E-state index in [0.717, 1.165) is 16.2 Å². The number of hydrogen-bond acceptors (Lipinski definition) is 4. The van der Waals surface area contributed by atoms with Gasteiger partial charge in [-0.1, -0.05) is 65.1 Å². The van der Waals surface area contributed by atoms with Crippen LogP contribution in [0.5, 0.6) is 0 Å². The number of hydroxylamine groups is 1. The van der Waals surface area contributed by atoms with Crippen molar-refractivity contribution in [2.45, 2.75) is 12.1 Å². The number of para-hydroxylation sites is 1. The van der Waals surface area contributed by atoms with E-state index in [2.05, 4.69) is 0 Å². The van der Waals surface area contributed by atoms with Crippen molar-refractivity contribution in [3.63, 3.8) is 0 Å². The average Bonchev–Trinajstić information content (AvgIpc) is 3.25. The lowest BCUT2D eigenvalue weighted by molar-refractivity contribution is -0.126. The maximum Gasteiger partial charge on any atom is 0.266 e. The number of halogens is 3. The van der Waals surface area contributed by atoms with Gasteiger partial charge in [0.2, 0.25) is 5.91 Å². The van der Waals surface area contributed by atoms with E-state index >= 15 is 0 Å². The van der Waals surface area contributed by atoms with Crippen LogP contribution in [-0.2, 0) is 14.4 Å². The summed E-state index contributed by atoms with van der Waals surface area (Å²) in [5.74, 6) is -1.57. The van der Waals surface area contributed by atoms with Crippen LogP contribution in [0.2, 0.25) is 15.1 Å². The van der Waals surface area contributed by atoms with Gasteiger partial charge in [-0.15, -0.1) is 0 Å². The molecule has 2 fully saturated rings. The molecule has 0 aliphatic carbocycles. The number of rotatable bonds is 3. The summed E-state index contributed by atoms with van der Waals surface area (Å²) in [6, 6.07) is 20.7. The van der Waals surface area contributed by atoms with Gasteiger partial charge in [-0.3, -0.25) is 14.4 Å². The van der Waals surface area contributed by atoms with Crippen molar-refractivity contribution in [2.75, 3.05) is 9.96 Å². The number of imide groups is 1. The topological polar surface area (TPSA) is 49.9 Å². The van der Waals surface area contributed by atoms with Crippen LogP contribution < -0.4 is 9.96 Å². The molecule has 0 radical (unpaired) electrons. The van der Waals surface area contributed by atoms with E-state index < -0.39 is 24.0 Å². The summed E-state index contributed by atoms with van der Waals surface area (Å²) in [5, 5.41) is 2.88. The van der Waals surface area contributed by atoms with Crippen molar-refractivity contribution in [3.05, 3.63) is 93.4 Å². The fraction of sp³-hybridized carbons (Fsp3) is 0.130. The standard InChI is InChI=1S/C23H15Cl3N2O3/c24-14-8-6-13(7-9-14)20-19-21(31-28(20)17-4-2-1-3-5-17)23(30)27(22(19)29)18-11-15(25)10-16(26)12-18/h1-12,19-21H/t19-,20+,21+/m0/s1. The zero-order valence-electron chi connectivity index (χ0n) is 15.9. The highest BCUT2D eigenvalue weighted by Crippen LogP contribution is 2.48. The first-order valence-corrected chi connectivity index (χ1v) is 10.7. The molecular weight excluding hydrogens is 459 g/mol. The third-order valence-electron chi connectivity index (χ3n) is 5.44. The Bertz CT molecular complexity index is 1150. The van der Waals surface area contributed by atoms with E-state index in [9.17, 15) is 9.59 Å². The Morgan fingerprint density at radius 1 is 0.710 bits per heavy atom. The molecule has 156 valence electrons. The van der Waals surface area contributed by atoms with Crippen molar-refractivity contribution >= 4 is 58.0 Å². The molecule has 8 heteroatoms. The van der Waals surface area contributed by atoms with E-state index in [0.29, 0.717) is 20.8 Å². The average molecular weight is 474 g/mol. The van der Waals surface area contributed by atoms with Crippen LogP contribution in [0.4, 0.5) is 11.4 Å². The van der Waals surface area contributed by atoms with Crippen molar-refractivity contribution in [3.8, 4) is 0 Å². The van der Waals surface area contributed by atoms with Gasteiger partial charge >= 0.3 is 0 Å². The SMILES string of the molecule is O=C1[C@H]2[C@@H](c3ccc(Cl)cc3)N(c3ccccc3)O[C@H]2C(=O)N1c1cc(Cl)cc(Cl)c1. The third-order valence-corrected chi connectivity index (χ3v) is 6.13. The van der Waals surface area contributed by atoms with Gasteiger partial charge in [-0.05, 0) is 48.0 Å². The molecule has 0 unspecified atom stereocenters. The third kappa shape index (κ3) is 3.48. The number of carbonyl (C=O) groups is 2. The molecule has 2 aliphatic heterocycles. The van der Waals surface area contributed by atoms with Gasteiger partial charge in [0.25, 0.3) is 5.91 Å². The zero-order valence-corrected chi connectivity index (χ0v) is 18.2. The quantitative estimate of drug-likeness (QED) is 0.458. The van der Waals surface area contributed by atoms with Gasteiger partial charge in [-0.25, -0.2) is 9.96 Å². The molecule has 31 heavy (non-hydrogen) atoms. The second-order valence-electron chi connectivity index (χ2n) is 7.35. The van der Waals surface area contributed by atoms with Crippen molar-refractivity contribution in [1.82, 2.24) is 0 Å². The lowest BCUT2D eigenvalue weighted by atomic mass is 9.90. The minimum atomic E-state index is -0.967. The van der Waals surface area contributed by atoms with E-state index in [1.807, 2.05) is 42.5 Å². The Morgan fingerprint density at radius 3 is 2.00 bits per heavy atom. The maximum atomic E-state index is 13.5. The lowest BCUT2D eigenvalue weighted by Crippen LogP contribution is -2.37. The second kappa shape index (κ2) is 7.84. The summed E-state index contributed by atoms with van der Waals surface area (Å²) in [7, 11) is 0. The van der Waals surface area contributed by atoms with Crippen molar-refractivity contribution in [2.24, 2.45) is 5.92 Å². The van der Waals surface area contributed by atoms with Crippen LogP contribution in [0, 0.1) is 5.92 Å². The Kier molecular flexibility index (Phi) is 5.15. The number of carbonyl (C=O) groups excluding carboxylic acids is 2. The van der Waals surface area contributed by atoms with Gasteiger partial charge in [0.1, 0.15) is 5.92 Å². The number of hydrogen-bond donors (Lipinski definition) is 0. The zero-order chi connectivity index (χ0) is 21.7. The van der Waals surface area contributed by atoms with Gasteiger partial charge in [0, 0.05) is 15.1 Å². The Hall–Kier alpha value is -2.57. The molecule has 5 nitrogen and oxygen atoms in total. The van der Waals surface area contributed by atoms with Crippen LogP contribution in [0.25, 0.3) is 0 Å². The first-order valence-electron chi connectivity index (χ1n) is 9.54. The van der Waals surface area contributed by atoms with Gasteiger partial charge in [0.15, 0.2) is 6.10 Å². The molecule has 2 aliphatic rings. The Balaban J connectivity index is 1.59. The molecule has 2 amide bonds. The monoisotopic (exact) mass is 472 g/mol. The number of anilines is 2. The van der Waals surface area contributed by atoms with Gasteiger partial charge in [-0.2, -0.15) is 0 Å². The van der Waals surface area contributed by atoms with Crippen LogP contribution in [0.15, 0.2) is 72.8 Å². The molecule has 0 bridgehead atoms. The van der Waals surface area contributed by atoms with Crippen molar-refractivity contribution in [1.29, 1.82) is 0 Å². The number of amides is 2. The fourth-order valence-electron chi connectivity index (χ4n) is 4.13. The summed E-state index contributed by atoms with van der Waals surface area (Å²) in [6.45, 7) is 0. The molecule has 0 aromatic heterocycles. The molecule has 2 heterocycles. The first kappa shape index (κ1) is 20.3. The number of fused-ring (bicyclic) bond motifs is 1. The maximum absolute atomic E-state index is 13.5. The predicted octanol–water partition coefficient (Wildman–Crippen LogP) is 5.70. The lowest BCUT2D eigenvalue weighted by Gasteiger charge is -2.28. The number of nitrogens with zero attached hydrogens (tertiary/aromatic N) is 2. The van der Waals surface area contributed by atoms with E-state index in [4.69, 9.17) is 39.6 Å². The highest BCUT2D eigenvalue weighted by Gasteiger charge is 2.60. The Morgan fingerprint density at radius 2 is 1.35 bits per heavy atom. The van der Waals surface area contributed by atoms with Crippen molar-refractivity contribution < 1.29 is 14.4 Å². The van der Waals surface area contributed by atoms with Crippen LogP contribution in [0.3, 0.4) is 0 Å². The van der Waals surface area contributed by atoms with Gasteiger partial charge < -0.3 is 0 Å². The highest BCUT2D eigenvalue weighted by molar-refractivity contribution is 6.36. The summed E-state index contributed by atoms with van der Waals surface area (Å²) < 4.78 is 0. The van der Waals surface area contributed by atoms with Crippen LogP contribution in [0.1, 0.15) is 11.6 Å². The summed E-state index contributed by atoms with van der Waals surface area (Å²) in [4.78, 5) is 34.0. The van der Waals surface area contributed by atoms with Crippen LogP contribution >= 0.6 is 34.8 Å². The first-order chi connectivity index (χ1) is 14.9. The number of benzene rings is 3.